The molecule has 0 atom stereocenters. The van der Waals surface area contributed by atoms with Gasteiger partial charge in [-0.1, -0.05) is 12.1 Å². The quantitative estimate of drug-likeness (QED) is 0.637. The van der Waals surface area contributed by atoms with E-state index in [1.54, 1.807) is 0 Å². The fourth-order valence-electron chi connectivity index (χ4n) is 1.92. The molecule has 0 saturated carbocycles. The second-order valence-electron chi connectivity index (χ2n) is 4.23. The van der Waals surface area contributed by atoms with Gasteiger partial charge < -0.3 is 20.5 Å². The molecule has 0 unspecified atom stereocenters. The maximum absolute atomic E-state index is 10.6. The molecule has 2 heterocycles. The molecule has 3 rings (SSSR count). The zero-order valence-corrected chi connectivity index (χ0v) is 10.8. The summed E-state index contributed by atoms with van der Waals surface area (Å²) in [5.74, 6) is 1.36. The lowest BCUT2D eigenvalue weighted by Crippen LogP contribution is -2.07. The van der Waals surface area contributed by atoms with E-state index in [2.05, 4.69) is 15.3 Å². The monoisotopic (exact) mass is 289 g/mol. The summed E-state index contributed by atoms with van der Waals surface area (Å²) in [4.78, 5) is 17.7. The Morgan fingerprint density at radius 3 is 3.05 bits per heavy atom. The van der Waals surface area contributed by atoms with Crippen molar-refractivity contribution < 1.29 is 14.4 Å². The highest BCUT2D eigenvalue weighted by Crippen LogP contribution is 2.35. The van der Waals surface area contributed by atoms with Crippen LogP contribution >= 0.6 is 0 Å². The third-order valence-corrected chi connectivity index (χ3v) is 2.91. The van der Waals surface area contributed by atoms with Crippen LogP contribution in [0.4, 0.5) is 17.5 Å². The van der Waals surface area contributed by atoms with E-state index >= 15 is 0 Å². The van der Waals surface area contributed by atoms with Crippen LogP contribution in [0.3, 0.4) is 0 Å². The highest BCUT2D eigenvalue weighted by molar-refractivity contribution is 5.54. The van der Waals surface area contributed by atoms with Crippen molar-refractivity contribution in [1.29, 1.82) is 0 Å². The van der Waals surface area contributed by atoms with Crippen LogP contribution in [-0.4, -0.2) is 21.7 Å². The summed E-state index contributed by atoms with van der Waals surface area (Å²) in [5.41, 5.74) is 6.05. The first-order chi connectivity index (χ1) is 10.1. The van der Waals surface area contributed by atoms with Gasteiger partial charge in [-0.25, -0.2) is 4.98 Å². The van der Waals surface area contributed by atoms with E-state index in [0.29, 0.717) is 18.0 Å². The van der Waals surface area contributed by atoms with Gasteiger partial charge in [-0.15, -0.1) is 0 Å². The molecular weight excluding hydrogens is 278 g/mol. The molecule has 108 valence electrons. The first kappa shape index (κ1) is 12.9. The molecule has 0 bridgehead atoms. The molecule has 9 nitrogen and oxygen atoms in total. The number of fused-ring (bicyclic) bond motifs is 1. The van der Waals surface area contributed by atoms with E-state index in [-0.39, 0.29) is 24.2 Å². The Hall–Kier alpha value is -3.10. The number of nitro groups is 1. The van der Waals surface area contributed by atoms with Crippen LogP contribution in [0.15, 0.2) is 24.4 Å². The number of para-hydroxylation sites is 1. The number of nitrogens with one attached hydrogen (secondary N) is 1. The highest BCUT2D eigenvalue weighted by Gasteiger charge is 2.18. The van der Waals surface area contributed by atoms with E-state index in [0.717, 1.165) is 11.8 Å². The number of hydrogen-bond acceptors (Lipinski definition) is 8. The molecule has 1 aliphatic rings. The number of nitrogens with zero attached hydrogens (tertiary/aromatic N) is 3. The summed E-state index contributed by atoms with van der Waals surface area (Å²) in [6.07, 6.45) is 1.07. The molecule has 1 aliphatic heterocycles. The standard InChI is InChI=1S/C12H11N5O4/c13-11-8(17(18)19)5-15-12(16-11)14-4-7-2-1-3-9-10(7)21-6-20-9/h1-3,5H,4,6H2,(H3,13,14,15,16). The average molecular weight is 289 g/mol. The lowest BCUT2D eigenvalue weighted by molar-refractivity contribution is -0.384. The Labute approximate surface area is 118 Å². The molecule has 3 N–H and O–H groups in total. The molecule has 9 heteroatoms. The van der Waals surface area contributed by atoms with Gasteiger partial charge in [0.05, 0.1) is 4.92 Å². The fourth-order valence-corrected chi connectivity index (χ4v) is 1.92. The fraction of sp³-hybridized carbons (Fsp3) is 0.167. The number of rotatable bonds is 4. The molecule has 2 aromatic rings. The minimum Gasteiger partial charge on any atom is -0.454 e. The van der Waals surface area contributed by atoms with Crippen molar-refractivity contribution >= 4 is 17.5 Å². The summed E-state index contributed by atoms with van der Waals surface area (Å²) in [6, 6.07) is 5.52. The van der Waals surface area contributed by atoms with Crippen molar-refractivity contribution in [3.05, 3.63) is 40.1 Å². The van der Waals surface area contributed by atoms with Crippen LogP contribution in [0.25, 0.3) is 0 Å². The Morgan fingerprint density at radius 2 is 2.29 bits per heavy atom. The molecule has 0 saturated heterocycles. The van der Waals surface area contributed by atoms with Gasteiger partial charge in [0.15, 0.2) is 11.5 Å². The molecule has 0 amide bonds. The third kappa shape index (κ3) is 2.48. The summed E-state index contributed by atoms with van der Waals surface area (Å²) < 4.78 is 10.7. The van der Waals surface area contributed by atoms with E-state index in [1.165, 1.54) is 0 Å². The zero-order valence-electron chi connectivity index (χ0n) is 10.8. The van der Waals surface area contributed by atoms with Gasteiger partial charge in [-0.2, -0.15) is 4.98 Å². The van der Waals surface area contributed by atoms with Crippen LogP contribution in [0, 0.1) is 10.1 Å². The normalized spacial score (nSPS) is 12.2. The topological polar surface area (TPSA) is 125 Å². The number of ether oxygens (including phenoxy) is 2. The van der Waals surface area contributed by atoms with Crippen molar-refractivity contribution in [2.75, 3.05) is 17.8 Å². The Morgan fingerprint density at radius 1 is 1.43 bits per heavy atom. The number of nitrogens with two attached hydrogens (primary N) is 1. The molecular formula is C12H11N5O4. The average Bonchev–Trinajstić information content (AvgIpc) is 2.93. The van der Waals surface area contributed by atoms with Gasteiger partial charge in [0.1, 0.15) is 6.20 Å². The van der Waals surface area contributed by atoms with E-state index in [9.17, 15) is 10.1 Å². The first-order valence-corrected chi connectivity index (χ1v) is 6.03. The summed E-state index contributed by atoms with van der Waals surface area (Å²) in [5, 5.41) is 13.6. The van der Waals surface area contributed by atoms with E-state index in [1.807, 2.05) is 18.2 Å². The molecule has 1 aromatic carbocycles. The summed E-state index contributed by atoms with van der Waals surface area (Å²) >= 11 is 0. The summed E-state index contributed by atoms with van der Waals surface area (Å²) in [6.45, 7) is 0.567. The van der Waals surface area contributed by atoms with Crippen molar-refractivity contribution in [1.82, 2.24) is 9.97 Å². The maximum Gasteiger partial charge on any atom is 0.329 e. The second kappa shape index (κ2) is 5.12. The highest BCUT2D eigenvalue weighted by atomic mass is 16.7. The smallest absolute Gasteiger partial charge is 0.329 e. The van der Waals surface area contributed by atoms with Crippen molar-refractivity contribution in [3.63, 3.8) is 0 Å². The predicted octanol–water partition coefficient (Wildman–Crippen LogP) is 1.31. The Balaban J connectivity index is 1.75. The minimum atomic E-state index is -0.631. The predicted molar refractivity (Wildman–Crippen MR) is 73.0 cm³/mol. The largest absolute Gasteiger partial charge is 0.454 e. The minimum absolute atomic E-state index is 0.185. The lowest BCUT2D eigenvalue weighted by atomic mass is 10.2. The van der Waals surface area contributed by atoms with E-state index < -0.39 is 4.92 Å². The van der Waals surface area contributed by atoms with Gasteiger partial charge in [0.25, 0.3) is 0 Å². The number of nitrogen functional groups attached to an aromatic ring is 1. The van der Waals surface area contributed by atoms with Gasteiger partial charge in [0, 0.05) is 12.1 Å². The number of anilines is 2. The molecule has 0 radical (unpaired) electrons. The van der Waals surface area contributed by atoms with Crippen molar-refractivity contribution in [2.24, 2.45) is 0 Å². The second-order valence-corrected chi connectivity index (χ2v) is 4.23. The molecule has 0 fully saturated rings. The van der Waals surface area contributed by atoms with Crippen molar-refractivity contribution in [2.45, 2.75) is 6.54 Å². The zero-order chi connectivity index (χ0) is 14.8. The summed E-state index contributed by atoms with van der Waals surface area (Å²) in [7, 11) is 0. The molecule has 1 aromatic heterocycles. The van der Waals surface area contributed by atoms with Crippen LogP contribution in [-0.2, 0) is 6.54 Å². The third-order valence-electron chi connectivity index (χ3n) is 2.91. The number of benzene rings is 1. The van der Waals surface area contributed by atoms with Crippen molar-refractivity contribution in [3.8, 4) is 11.5 Å². The molecule has 0 aliphatic carbocycles. The molecule has 21 heavy (non-hydrogen) atoms. The van der Waals surface area contributed by atoms with Gasteiger partial charge >= 0.3 is 5.69 Å². The SMILES string of the molecule is Nc1nc(NCc2cccc3c2OCO3)ncc1[N+](=O)[O-]. The van der Waals surface area contributed by atoms with Crippen LogP contribution < -0.4 is 20.5 Å². The number of aromatic nitrogens is 2. The van der Waals surface area contributed by atoms with Gasteiger partial charge in [-0.05, 0) is 6.07 Å². The first-order valence-electron chi connectivity index (χ1n) is 6.03. The molecule has 0 spiro atoms. The Bertz CT molecular complexity index is 706. The van der Waals surface area contributed by atoms with E-state index in [4.69, 9.17) is 15.2 Å². The number of hydrogen-bond donors (Lipinski definition) is 2. The van der Waals surface area contributed by atoms with Crippen LogP contribution in [0.5, 0.6) is 11.5 Å². The Kier molecular flexibility index (Phi) is 3.14. The van der Waals surface area contributed by atoms with Gasteiger partial charge in [0.2, 0.25) is 18.6 Å². The van der Waals surface area contributed by atoms with Crippen LogP contribution in [0.1, 0.15) is 5.56 Å². The van der Waals surface area contributed by atoms with Crippen LogP contribution in [0.2, 0.25) is 0 Å². The lowest BCUT2D eigenvalue weighted by Gasteiger charge is -2.07. The maximum atomic E-state index is 10.6. The van der Waals surface area contributed by atoms with Gasteiger partial charge in [-0.3, -0.25) is 10.1 Å².